The van der Waals surface area contributed by atoms with E-state index in [-0.39, 0.29) is 0 Å². The number of hydrogen-bond donors (Lipinski definition) is 1. The van der Waals surface area contributed by atoms with Gasteiger partial charge in [-0.25, -0.2) is 0 Å². The van der Waals surface area contributed by atoms with Crippen molar-refractivity contribution in [3.8, 4) is 0 Å². The van der Waals surface area contributed by atoms with Crippen LogP contribution in [-0.4, -0.2) is 11.5 Å². The van der Waals surface area contributed by atoms with Crippen LogP contribution in [0.4, 0.5) is 0 Å². The van der Waals surface area contributed by atoms with Crippen molar-refractivity contribution in [3.05, 3.63) is 12.7 Å². The zero-order valence-corrected chi connectivity index (χ0v) is 6.66. The minimum atomic E-state index is -1.17. The first-order chi connectivity index (χ1) is 4.33. The monoisotopic (exact) mass is 170 g/mol. The lowest BCUT2D eigenvalue weighted by Gasteiger charge is -1.67. The van der Waals surface area contributed by atoms with Gasteiger partial charge in [-0.1, -0.05) is 6.08 Å². The van der Waals surface area contributed by atoms with Gasteiger partial charge in [0, 0.05) is 0 Å². The van der Waals surface area contributed by atoms with Gasteiger partial charge in [0.2, 0.25) is 0 Å². The standard InChI is InChI=1S/C3H6O2P.HO2P/c1-2-3-5-6-4;1-3-2/h2,6H,1,3H2;3H/q+1;/p+1. The Labute approximate surface area is 56.1 Å². The van der Waals surface area contributed by atoms with E-state index in [1.807, 2.05) is 0 Å². The molecule has 0 aliphatic rings. The Bertz CT molecular complexity index is 75.9. The maximum atomic E-state index is 9.45. The van der Waals surface area contributed by atoms with Crippen LogP contribution in [0.2, 0.25) is 0 Å². The first-order valence-corrected chi connectivity index (χ1v) is 3.61. The zero-order valence-electron chi connectivity index (χ0n) is 4.66. The molecule has 0 aromatic rings. The molecule has 0 bridgehead atoms. The molecule has 4 nitrogen and oxygen atoms in total. The Morgan fingerprint density at radius 2 is 2.11 bits per heavy atom. The molecular formula is C3H8O4P2+2. The van der Waals surface area contributed by atoms with Gasteiger partial charge in [-0.2, -0.15) is 4.89 Å². The van der Waals surface area contributed by atoms with Crippen LogP contribution >= 0.6 is 17.4 Å². The van der Waals surface area contributed by atoms with E-state index in [9.17, 15) is 4.57 Å². The summed E-state index contributed by atoms with van der Waals surface area (Å²) in [5, 5.41) is 0. The average molecular weight is 170 g/mol. The number of rotatable bonds is 3. The first kappa shape index (κ1) is 11.6. The van der Waals surface area contributed by atoms with E-state index >= 15 is 0 Å². The molecule has 0 rings (SSSR count). The summed E-state index contributed by atoms with van der Waals surface area (Å²) < 4.78 is 22.3. The van der Waals surface area contributed by atoms with Gasteiger partial charge in [0.1, 0.15) is 6.61 Å². The van der Waals surface area contributed by atoms with Crippen molar-refractivity contribution in [2.75, 3.05) is 6.61 Å². The van der Waals surface area contributed by atoms with Crippen molar-refractivity contribution in [1.29, 1.82) is 0 Å². The van der Waals surface area contributed by atoms with Crippen LogP contribution < -0.4 is 0 Å². The molecule has 0 aromatic carbocycles. The van der Waals surface area contributed by atoms with E-state index in [1.54, 1.807) is 6.08 Å². The smallest absolute Gasteiger partial charge is 0.162 e. The number of hydrogen-bond acceptors (Lipinski definition) is 3. The van der Waals surface area contributed by atoms with Gasteiger partial charge in [-0.15, -0.1) is 11.1 Å². The Hall–Kier alpha value is -0.140. The molecule has 0 aliphatic carbocycles. The van der Waals surface area contributed by atoms with Gasteiger partial charge >= 0.3 is 17.4 Å². The third-order valence-electron chi connectivity index (χ3n) is 0.260. The molecule has 2 unspecified atom stereocenters. The van der Waals surface area contributed by atoms with Gasteiger partial charge in [0.05, 0.1) is 0 Å². The van der Waals surface area contributed by atoms with Gasteiger partial charge in [0.15, 0.2) is 0 Å². The average Bonchev–Trinajstić information content (AvgIpc) is 1.86. The molecule has 0 spiro atoms. The second kappa shape index (κ2) is 15.7. The van der Waals surface area contributed by atoms with E-state index in [0.717, 1.165) is 0 Å². The SMILES string of the molecule is C=CCO[PH+]=O.O=[PH+]O. The first-order valence-electron chi connectivity index (χ1n) is 1.94. The molecule has 0 radical (unpaired) electrons. The summed E-state index contributed by atoms with van der Waals surface area (Å²) in [6.07, 6.45) is 1.55. The molecule has 0 fully saturated rings. The lowest BCUT2D eigenvalue weighted by atomic mass is 10.7. The summed E-state index contributed by atoms with van der Waals surface area (Å²) in [6, 6.07) is 0. The summed E-state index contributed by atoms with van der Waals surface area (Å²) in [7, 11) is -1.82. The summed E-state index contributed by atoms with van der Waals surface area (Å²) in [6.45, 7) is 3.72. The highest BCUT2D eigenvalue weighted by molar-refractivity contribution is 7.17. The van der Waals surface area contributed by atoms with Crippen LogP contribution in [0.5, 0.6) is 0 Å². The molecule has 2 atom stereocenters. The van der Waals surface area contributed by atoms with Gasteiger partial charge < -0.3 is 0 Å². The van der Waals surface area contributed by atoms with Crippen molar-refractivity contribution >= 4 is 17.4 Å². The van der Waals surface area contributed by atoms with E-state index in [0.29, 0.717) is 6.61 Å². The molecule has 0 aromatic heterocycles. The van der Waals surface area contributed by atoms with Crippen LogP contribution in [0.15, 0.2) is 12.7 Å². The van der Waals surface area contributed by atoms with E-state index in [1.165, 1.54) is 0 Å². The summed E-state index contributed by atoms with van der Waals surface area (Å²) in [5.74, 6) is 0. The Morgan fingerprint density at radius 3 is 2.22 bits per heavy atom. The van der Waals surface area contributed by atoms with Crippen molar-refractivity contribution in [2.45, 2.75) is 0 Å². The van der Waals surface area contributed by atoms with Crippen molar-refractivity contribution < 1.29 is 18.5 Å². The normalized spacial score (nSPS) is 8.11. The minimum Gasteiger partial charge on any atom is -0.162 e. The van der Waals surface area contributed by atoms with Crippen LogP contribution in [0, 0.1) is 0 Å². The molecule has 6 heteroatoms. The Kier molecular flexibility index (Phi) is 20.2. The Morgan fingerprint density at radius 1 is 1.67 bits per heavy atom. The second-order valence-electron chi connectivity index (χ2n) is 0.774. The van der Waals surface area contributed by atoms with Crippen molar-refractivity contribution in [3.63, 3.8) is 0 Å². The van der Waals surface area contributed by atoms with Crippen LogP contribution in [0.3, 0.4) is 0 Å². The Balaban J connectivity index is 0. The molecule has 0 saturated carbocycles. The van der Waals surface area contributed by atoms with Crippen LogP contribution in [-0.2, 0) is 13.7 Å². The third kappa shape index (κ3) is 33.0. The van der Waals surface area contributed by atoms with Gasteiger partial charge in [0.25, 0.3) is 0 Å². The molecule has 9 heavy (non-hydrogen) atoms. The molecule has 0 aliphatic heterocycles. The largest absolute Gasteiger partial charge is 0.494 e. The third-order valence-corrected chi connectivity index (χ3v) is 0.545. The van der Waals surface area contributed by atoms with Crippen LogP contribution in [0.1, 0.15) is 0 Å². The van der Waals surface area contributed by atoms with E-state index < -0.39 is 17.4 Å². The molecular weight excluding hydrogens is 162 g/mol. The predicted octanol–water partition coefficient (Wildman–Crippen LogP) is 1.05. The van der Waals surface area contributed by atoms with Gasteiger partial charge in [-0.05, 0) is 9.13 Å². The fourth-order valence-electron chi connectivity index (χ4n) is 0.0929. The molecule has 0 amide bonds. The fourth-order valence-corrected chi connectivity index (χ4v) is 0.279. The maximum absolute atomic E-state index is 9.45. The molecule has 0 heterocycles. The summed E-state index contributed by atoms with van der Waals surface area (Å²) in [5.41, 5.74) is 0. The molecule has 0 saturated heterocycles. The topological polar surface area (TPSA) is 63.6 Å². The highest BCUT2D eigenvalue weighted by Crippen LogP contribution is 1.90. The van der Waals surface area contributed by atoms with Crippen LogP contribution in [0.25, 0.3) is 0 Å². The highest BCUT2D eigenvalue weighted by atomic mass is 31.1. The van der Waals surface area contributed by atoms with Gasteiger partial charge in [-0.3, -0.25) is 0 Å². The zero-order chi connectivity index (χ0) is 7.54. The maximum Gasteiger partial charge on any atom is 0.494 e. The lowest BCUT2D eigenvalue weighted by molar-refractivity contribution is 0.387. The second-order valence-corrected chi connectivity index (χ2v) is 1.41. The van der Waals surface area contributed by atoms with Crippen molar-refractivity contribution in [2.24, 2.45) is 0 Å². The van der Waals surface area contributed by atoms with Crippen molar-refractivity contribution in [1.82, 2.24) is 0 Å². The molecule has 52 valence electrons. The summed E-state index contributed by atoms with van der Waals surface area (Å²) >= 11 is 0. The quantitative estimate of drug-likeness (QED) is 0.390. The van der Waals surface area contributed by atoms with E-state index in [2.05, 4.69) is 11.1 Å². The summed E-state index contributed by atoms with van der Waals surface area (Å²) in [4.78, 5) is 7.04. The fraction of sp³-hybridized carbons (Fsp3) is 0.333. The van der Waals surface area contributed by atoms with E-state index in [4.69, 9.17) is 9.46 Å². The predicted molar refractivity (Wildman–Crippen MR) is 36.4 cm³/mol. The highest BCUT2D eigenvalue weighted by Gasteiger charge is 1.79. The lowest BCUT2D eigenvalue weighted by Crippen LogP contribution is -1.69. The molecule has 1 N–H and O–H groups in total. The minimum absolute atomic E-state index is 0.377.